The van der Waals surface area contributed by atoms with Crippen molar-refractivity contribution in [2.45, 2.75) is 24.9 Å². The summed E-state index contributed by atoms with van der Waals surface area (Å²) in [6.45, 7) is -0.538. The fraction of sp³-hybridized carbons (Fsp3) is 0.600. The molecule has 2 unspecified atom stereocenters. The molecule has 5 N–H and O–H groups in total. The van der Waals surface area contributed by atoms with Crippen LogP contribution in [0.1, 0.15) is 12.8 Å². The van der Waals surface area contributed by atoms with Gasteiger partial charge in [-0.1, -0.05) is 0 Å². The van der Waals surface area contributed by atoms with E-state index in [1.54, 1.807) is 0 Å². The van der Waals surface area contributed by atoms with E-state index < -0.39 is 36.4 Å². The molecule has 2 amide bonds. The minimum absolute atomic E-state index is 0.0176. The molecule has 0 fully saturated rings. The van der Waals surface area contributed by atoms with Crippen molar-refractivity contribution in [3.63, 3.8) is 0 Å². The van der Waals surface area contributed by atoms with Crippen LogP contribution in [0.4, 0.5) is 0 Å². The van der Waals surface area contributed by atoms with Gasteiger partial charge in [0, 0.05) is 0 Å². The first kappa shape index (κ1) is 18.9. The number of carbonyl (C=O) groups excluding carboxylic acids is 3. The van der Waals surface area contributed by atoms with Crippen LogP contribution in [0.3, 0.4) is 0 Å². The molecule has 0 saturated heterocycles. The van der Waals surface area contributed by atoms with Crippen molar-refractivity contribution >= 4 is 51.1 Å². The van der Waals surface area contributed by atoms with Gasteiger partial charge in [-0.15, -0.1) is 0 Å². The van der Waals surface area contributed by atoms with E-state index in [2.05, 4.69) is 39.3 Å². The second-order valence-corrected chi connectivity index (χ2v) is 5.09. The van der Waals surface area contributed by atoms with Crippen molar-refractivity contribution in [2.75, 3.05) is 12.3 Å². The third-order valence-corrected chi connectivity index (χ3v) is 3.23. The van der Waals surface area contributed by atoms with Crippen LogP contribution in [0.15, 0.2) is 0 Å². The van der Waals surface area contributed by atoms with Crippen molar-refractivity contribution in [1.29, 1.82) is 0 Å². The zero-order valence-electron chi connectivity index (χ0n) is 10.5. The molecule has 0 heterocycles. The Bertz CT molecular complexity index is 393. The summed E-state index contributed by atoms with van der Waals surface area (Å²) in [7, 11) is 0. The summed E-state index contributed by atoms with van der Waals surface area (Å²) in [6.07, 6.45) is 0.124. The third kappa shape index (κ3) is 8.15. The molecule has 113 valence electrons. The molecule has 0 bridgehead atoms. The SMILES string of the molecule is NC(CCC(=O)NC(CS)C(=O)NCC(=O)O)C(=O)[Se]. The molecule has 0 saturated carbocycles. The molecular weight excluding hydrogens is 353 g/mol. The number of carboxylic acid groups (broad SMARTS) is 1. The molecule has 20 heavy (non-hydrogen) atoms. The van der Waals surface area contributed by atoms with Gasteiger partial charge < -0.3 is 0 Å². The normalized spacial score (nSPS) is 13.1. The van der Waals surface area contributed by atoms with E-state index in [0.717, 1.165) is 0 Å². The van der Waals surface area contributed by atoms with E-state index in [0.29, 0.717) is 0 Å². The monoisotopic (exact) mass is 370 g/mol. The Morgan fingerprint density at radius 1 is 1.30 bits per heavy atom. The average Bonchev–Trinajstić information content (AvgIpc) is 2.38. The van der Waals surface area contributed by atoms with Crippen LogP contribution in [-0.2, 0) is 19.2 Å². The number of carboxylic acids is 1. The van der Waals surface area contributed by atoms with Crippen molar-refractivity contribution in [3.05, 3.63) is 0 Å². The van der Waals surface area contributed by atoms with Crippen LogP contribution >= 0.6 is 12.6 Å². The summed E-state index contributed by atoms with van der Waals surface area (Å²) in [5.41, 5.74) is 5.45. The molecule has 8 nitrogen and oxygen atoms in total. The quantitative estimate of drug-likeness (QED) is 0.223. The Balaban J connectivity index is 4.21. The molecule has 0 aliphatic heterocycles. The van der Waals surface area contributed by atoms with E-state index in [9.17, 15) is 19.2 Å². The third-order valence-electron chi connectivity index (χ3n) is 2.23. The van der Waals surface area contributed by atoms with Crippen molar-refractivity contribution in [2.24, 2.45) is 5.73 Å². The molecule has 0 aliphatic rings. The number of hydrogen-bond acceptors (Lipinski definition) is 6. The number of amides is 2. The van der Waals surface area contributed by atoms with Gasteiger partial charge in [0.05, 0.1) is 0 Å². The van der Waals surface area contributed by atoms with Crippen LogP contribution in [0.25, 0.3) is 0 Å². The van der Waals surface area contributed by atoms with Gasteiger partial charge in [0.1, 0.15) is 0 Å². The van der Waals surface area contributed by atoms with E-state index in [1.807, 2.05) is 0 Å². The van der Waals surface area contributed by atoms with Gasteiger partial charge in [0.2, 0.25) is 0 Å². The Kier molecular flexibility index (Phi) is 9.22. The summed E-state index contributed by atoms with van der Waals surface area (Å²) in [5.74, 6) is -2.28. The zero-order chi connectivity index (χ0) is 15.7. The standard InChI is InChI=1S/C10H16N3O5SSe/c11-5(10(18)20)1-2-7(14)13-6(4-19)9(17)12-3-8(15)16/h5-6,19H,1-4,11H2,(H,12,17)(H,13,14)(H,15,16). The molecular formula is C10H16N3O5SSe. The summed E-state index contributed by atoms with van der Waals surface area (Å²) in [4.78, 5) is 44.3. The second-order valence-electron chi connectivity index (χ2n) is 3.88. The first-order valence-corrected chi connectivity index (χ1v) is 7.13. The van der Waals surface area contributed by atoms with Gasteiger partial charge in [-0.05, 0) is 0 Å². The Labute approximate surface area is 129 Å². The van der Waals surface area contributed by atoms with Gasteiger partial charge in [0.25, 0.3) is 0 Å². The summed E-state index contributed by atoms with van der Waals surface area (Å²) in [5, 5.41) is 12.9. The van der Waals surface area contributed by atoms with Crippen molar-refractivity contribution < 1.29 is 24.3 Å². The first-order valence-electron chi connectivity index (χ1n) is 5.64. The van der Waals surface area contributed by atoms with Crippen molar-refractivity contribution in [3.8, 4) is 0 Å². The topological polar surface area (TPSA) is 139 Å². The predicted molar refractivity (Wildman–Crippen MR) is 74.4 cm³/mol. The second kappa shape index (κ2) is 9.76. The first-order chi connectivity index (χ1) is 9.27. The molecule has 0 aromatic heterocycles. The van der Waals surface area contributed by atoms with Crippen LogP contribution in [0, 0.1) is 0 Å². The molecule has 0 spiro atoms. The van der Waals surface area contributed by atoms with E-state index in [1.165, 1.54) is 0 Å². The summed E-state index contributed by atoms with van der Waals surface area (Å²) in [6, 6.07) is -1.71. The fourth-order valence-corrected chi connectivity index (χ4v) is 1.66. The number of nitrogens with one attached hydrogen (secondary N) is 2. The summed E-state index contributed by atoms with van der Waals surface area (Å²) >= 11 is 6.14. The maximum absolute atomic E-state index is 11.6. The van der Waals surface area contributed by atoms with Gasteiger partial charge in [0.15, 0.2) is 0 Å². The predicted octanol–water partition coefficient (Wildman–Crippen LogP) is -2.60. The molecule has 0 rings (SSSR count). The molecule has 1 radical (unpaired) electrons. The number of rotatable bonds is 9. The van der Waals surface area contributed by atoms with Crippen molar-refractivity contribution in [1.82, 2.24) is 10.6 Å². The molecule has 0 aliphatic carbocycles. The van der Waals surface area contributed by atoms with Gasteiger partial charge in [-0.2, -0.15) is 0 Å². The molecule has 0 aromatic carbocycles. The van der Waals surface area contributed by atoms with Crippen LogP contribution < -0.4 is 16.4 Å². The van der Waals surface area contributed by atoms with Crippen LogP contribution in [-0.4, -0.2) is 68.0 Å². The molecule has 2 atom stereocenters. The van der Waals surface area contributed by atoms with E-state index >= 15 is 0 Å². The van der Waals surface area contributed by atoms with Gasteiger partial charge in [-0.25, -0.2) is 0 Å². The Hall–Kier alpha value is -1.09. The number of nitrogens with two attached hydrogens (primary N) is 1. The van der Waals surface area contributed by atoms with Gasteiger partial charge in [-0.3, -0.25) is 0 Å². The molecule has 0 aromatic rings. The molecule has 10 heteroatoms. The van der Waals surface area contributed by atoms with Crippen LogP contribution in [0.2, 0.25) is 0 Å². The number of thiol groups is 1. The van der Waals surface area contributed by atoms with E-state index in [-0.39, 0.29) is 23.3 Å². The number of carbonyl (C=O) groups is 4. The minimum atomic E-state index is -1.19. The zero-order valence-corrected chi connectivity index (χ0v) is 13.1. The maximum atomic E-state index is 11.6. The summed E-state index contributed by atoms with van der Waals surface area (Å²) < 4.78 is -0.345. The Morgan fingerprint density at radius 2 is 1.90 bits per heavy atom. The van der Waals surface area contributed by atoms with Gasteiger partial charge >= 0.3 is 129 Å². The number of hydrogen-bond donors (Lipinski definition) is 5. The Morgan fingerprint density at radius 3 is 2.35 bits per heavy atom. The fourth-order valence-electron chi connectivity index (χ4n) is 1.15. The van der Waals surface area contributed by atoms with Crippen LogP contribution in [0.5, 0.6) is 0 Å². The van der Waals surface area contributed by atoms with E-state index in [4.69, 9.17) is 10.8 Å². The average molecular weight is 369 g/mol. The number of aliphatic carboxylic acids is 1.